The molecule has 3 rings (SSSR count). The highest BCUT2D eigenvalue weighted by atomic mass is 79.9. The molecule has 98 valence electrons. The van der Waals surface area contributed by atoms with Gasteiger partial charge in [-0.05, 0) is 49.8 Å². The average molecular weight is 309 g/mol. The zero-order chi connectivity index (χ0) is 12.5. The van der Waals surface area contributed by atoms with E-state index in [1.54, 1.807) is 0 Å². The number of nitrogens with two attached hydrogens (primary N) is 1. The molecule has 0 bridgehead atoms. The maximum absolute atomic E-state index is 5.94. The van der Waals surface area contributed by atoms with Gasteiger partial charge in [0, 0.05) is 28.5 Å². The van der Waals surface area contributed by atoms with E-state index in [4.69, 9.17) is 5.73 Å². The van der Waals surface area contributed by atoms with Crippen molar-refractivity contribution in [3.05, 3.63) is 34.3 Å². The van der Waals surface area contributed by atoms with Crippen LogP contribution in [-0.2, 0) is 0 Å². The van der Waals surface area contributed by atoms with Crippen molar-refractivity contribution in [2.75, 3.05) is 0 Å². The van der Waals surface area contributed by atoms with Gasteiger partial charge in [-0.15, -0.1) is 0 Å². The van der Waals surface area contributed by atoms with E-state index in [1.165, 1.54) is 37.7 Å². The molecule has 1 aromatic rings. The largest absolute Gasteiger partial charge is 0.328 e. The molecule has 2 fully saturated rings. The predicted octanol–water partition coefficient (Wildman–Crippen LogP) is 3.16. The normalized spacial score (nSPS) is 35.4. The van der Waals surface area contributed by atoms with Crippen molar-refractivity contribution in [1.82, 2.24) is 5.32 Å². The zero-order valence-corrected chi connectivity index (χ0v) is 12.2. The second kappa shape index (κ2) is 5.32. The summed E-state index contributed by atoms with van der Waals surface area (Å²) in [5.41, 5.74) is 7.42. The average Bonchev–Trinajstić information content (AvgIpc) is 3.12. The number of benzene rings is 1. The Balaban J connectivity index is 1.50. The molecule has 3 heteroatoms. The summed E-state index contributed by atoms with van der Waals surface area (Å²) in [6.45, 7) is 0. The van der Waals surface area contributed by atoms with Gasteiger partial charge in [0.1, 0.15) is 0 Å². The Morgan fingerprint density at radius 1 is 1.06 bits per heavy atom. The van der Waals surface area contributed by atoms with Gasteiger partial charge in [-0.3, -0.25) is 0 Å². The van der Waals surface area contributed by atoms with Gasteiger partial charge in [-0.1, -0.05) is 28.1 Å². The van der Waals surface area contributed by atoms with Crippen LogP contribution in [0.1, 0.15) is 43.6 Å². The molecule has 0 spiro atoms. The number of hydrogen-bond acceptors (Lipinski definition) is 2. The molecule has 2 aliphatic carbocycles. The Morgan fingerprint density at radius 2 is 1.72 bits per heavy atom. The van der Waals surface area contributed by atoms with Crippen molar-refractivity contribution in [3.8, 4) is 0 Å². The second-order valence-electron chi connectivity index (χ2n) is 5.78. The Hall–Kier alpha value is -0.380. The van der Waals surface area contributed by atoms with Crippen LogP contribution in [0.3, 0.4) is 0 Å². The van der Waals surface area contributed by atoms with Crippen molar-refractivity contribution in [2.24, 2.45) is 5.73 Å². The fraction of sp³-hybridized carbons (Fsp3) is 0.600. The van der Waals surface area contributed by atoms with Crippen molar-refractivity contribution in [2.45, 2.75) is 56.1 Å². The molecule has 2 atom stereocenters. The van der Waals surface area contributed by atoms with Crippen LogP contribution in [0.15, 0.2) is 28.7 Å². The molecule has 0 aliphatic heterocycles. The van der Waals surface area contributed by atoms with Gasteiger partial charge >= 0.3 is 0 Å². The molecule has 0 aromatic heterocycles. The lowest BCUT2D eigenvalue weighted by Gasteiger charge is -2.27. The van der Waals surface area contributed by atoms with Crippen LogP contribution in [0.25, 0.3) is 0 Å². The Kier molecular flexibility index (Phi) is 3.73. The Morgan fingerprint density at radius 3 is 2.39 bits per heavy atom. The van der Waals surface area contributed by atoms with E-state index in [-0.39, 0.29) is 0 Å². The quantitative estimate of drug-likeness (QED) is 0.900. The van der Waals surface area contributed by atoms with E-state index in [9.17, 15) is 0 Å². The first-order chi connectivity index (χ1) is 8.72. The lowest BCUT2D eigenvalue weighted by Crippen LogP contribution is -2.38. The molecular formula is C15H21BrN2. The molecule has 3 N–H and O–H groups in total. The highest BCUT2D eigenvalue weighted by molar-refractivity contribution is 9.10. The van der Waals surface area contributed by atoms with Crippen molar-refractivity contribution in [1.29, 1.82) is 0 Å². The summed E-state index contributed by atoms with van der Waals surface area (Å²) in [5.74, 6) is 0.730. The third-order valence-corrected chi connectivity index (χ3v) is 4.84. The SMILES string of the molecule is NC1CCC(NC2CC2c2ccc(Br)cc2)CC1. The minimum Gasteiger partial charge on any atom is -0.328 e. The standard InChI is InChI=1S/C15H21BrN2/c16-11-3-1-10(2-4-11)14-9-15(14)18-13-7-5-12(17)6-8-13/h1-4,12-15,18H,5-9,17H2. The van der Waals surface area contributed by atoms with Crippen LogP contribution in [0, 0.1) is 0 Å². The third-order valence-electron chi connectivity index (χ3n) is 4.31. The molecule has 2 nitrogen and oxygen atoms in total. The smallest absolute Gasteiger partial charge is 0.0175 e. The zero-order valence-electron chi connectivity index (χ0n) is 10.6. The first-order valence-corrected chi connectivity index (χ1v) is 7.79. The molecule has 1 aromatic carbocycles. The van der Waals surface area contributed by atoms with Gasteiger partial charge < -0.3 is 11.1 Å². The Bertz CT molecular complexity index is 395. The summed E-state index contributed by atoms with van der Waals surface area (Å²) in [6.07, 6.45) is 6.18. The van der Waals surface area contributed by atoms with E-state index >= 15 is 0 Å². The maximum Gasteiger partial charge on any atom is 0.0175 e. The lowest BCUT2D eigenvalue weighted by atomic mass is 9.92. The maximum atomic E-state index is 5.94. The second-order valence-corrected chi connectivity index (χ2v) is 6.69. The number of rotatable bonds is 3. The van der Waals surface area contributed by atoms with Crippen LogP contribution in [0.5, 0.6) is 0 Å². The van der Waals surface area contributed by atoms with Crippen molar-refractivity contribution < 1.29 is 0 Å². The van der Waals surface area contributed by atoms with Crippen LogP contribution >= 0.6 is 15.9 Å². The van der Waals surface area contributed by atoms with Crippen LogP contribution < -0.4 is 11.1 Å². The van der Waals surface area contributed by atoms with Gasteiger partial charge in [0.25, 0.3) is 0 Å². The summed E-state index contributed by atoms with van der Waals surface area (Å²) in [6, 6.07) is 10.6. The molecule has 2 aliphatic rings. The number of nitrogens with one attached hydrogen (secondary N) is 1. The van der Waals surface area contributed by atoms with Crippen molar-refractivity contribution in [3.63, 3.8) is 0 Å². The van der Waals surface area contributed by atoms with E-state index in [2.05, 4.69) is 45.5 Å². The molecule has 2 saturated carbocycles. The number of hydrogen-bond donors (Lipinski definition) is 2. The highest BCUT2D eigenvalue weighted by Crippen LogP contribution is 2.42. The first-order valence-electron chi connectivity index (χ1n) is 6.99. The van der Waals surface area contributed by atoms with Gasteiger partial charge in [0.2, 0.25) is 0 Å². The van der Waals surface area contributed by atoms with E-state index in [1.807, 2.05) is 0 Å². The van der Waals surface area contributed by atoms with Crippen molar-refractivity contribution >= 4 is 15.9 Å². The minimum absolute atomic E-state index is 0.449. The van der Waals surface area contributed by atoms with Gasteiger partial charge in [0.15, 0.2) is 0 Å². The van der Waals surface area contributed by atoms with E-state index in [0.29, 0.717) is 18.1 Å². The van der Waals surface area contributed by atoms with E-state index < -0.39 is 0 Å². The summed E-state index contributed by atoms with van der Waals surface area (Å²) in [5, 5.41) is 3.81. The van der Waals surface area contributed by atoms with Gasteiger partial charge in [-0.2, -0.15) is 0 Å². The molecule has 18 heavy (non-hydrogen) atoms. The molecule has 2 unspecified atom stereocenters. The summed E-state index contributed by atoms with van der Waals surface area (Å²) in [7, 11) is 0. The highest BCUT2D eigenvalue weighted by Gasteiger charge is 2.39. The molecule has 0 saturated heterocycles. The molecular weight excluding hydrogens is 288 g/mol. The fourth-order valence-corrected chi connectivity index (χ4v) is 3.31. The molecule has 0 amide bonds. The summed E-state index contributed by atoms with van der Waals surface area (Å²) in [4.78, 5) is 0. The number of halogens is 1. The third kappa shape index (κ3) is 2.95. The minimum atomic E-state index is 0.449. The summed E-state index contributed by atoms with van der Waals surface area (Å²) >= 11 is 3.49. The fourth-order valence-electron chi connectivity index (χ4n) is 3.05. The topological polar surface area (TPSA) is 38.0 Å². The molecule has 0 radical (unpaired) electrons. The van der Waals surface area contributed by atoms with Gasteiger partial charge in [-0.25, -0.2) is 0 Å². The van der Waals surface area contributed by atoms with E-state index in [0.717, 1.165) is 10.4 Å². The van der Waals surface area contributed by atoms with Crippen LogP contribution in [0.2, 0.25) is 0 Å². The lowest BCUT2D eigenvalue weighted by molar-refractivity contribution is 0.339. The summed E-state index contributed by atoms with van der Waals surface area (Å²) < 4.78 is 1.16. The first kappa shape index (κ1) is 12.6. The van der Waals surface area contributed by atoms with Gasteiger partial charge in [0.05, 0.1) is 0 Å². The monoisotopic (exact) mass is 308 g/mol. The van der Waals surface area contributed by atoms with Crippen LogP contribution in [-0.4, -0.2) is 18.1 Å². The van der Waals surface area contributed by atoms with Crippen LogP contribution in [0.4, 0.5) is 0 Å². The predicted molar refractivity (Wildman–Crippen MR) is 78.7 cm³/mol. The Labute approximate surface area is 117 Å². The molecule has 0 heterocycles.